The van der Waals surface area contributed by atoms with Gasteiger partial charge in [0.2, 0.25) is 5.75 Å². The minimum atomic E-state index is -0.161. The van der Waals surface area contributed by atoms with Crippen molar-refractivity contribution in [3.63, 3.8) is 0 Å². The first kappa shape index (κ1) is 25.3. The molecule has 0 amide bonds. The van der Waals surface area contributed by atoms with Crippen molar-refractivity contribution >= 4 is 5.96 Å². The Morgan fingerprint density at radius 2 is 1.53 bits per heavy atom. The summed E-state index contributed by atoms with van der Waals surface area (Å²) in [4.78, 5) is 4.71. The molecule has 0 aliphatic rings. The van der Waals surface area contributed by atoms with Crippen molar-refractivity contribution in [2.75, 3.05) is 27.9 Å². The number of hydrogen-bond acceptors (Lipinski definition) is 5. The van der Waals surface area contributed by atoms with Crippen molar-refractivity contribution in [2.24, 2.45) is 4.99 Å². The molecule has 0 aliphatic heterocycles. The Morgan fingerprint density at radius 3 is 2.09 bits per heavy atom. The van der Waals surface area contributed by atoms with E-state index in [2.05, 4.69) is 55.7 Å². The number of guanidine groups is 1. The molecule has 0 atom stereocenters. The van der Waals surface area contributed by atoms with E-state index in [-0.39, 0.29) is 5.60 Å². The normalized spacial score (nSPS) is 11.8. The summed E-state index contributed by atoms with van der Waals surface area (Å²) in [7, 11) is 4.81. The Bertz CT molecular complexity index is 866. The van der Waals surface area contributed by atoms with Crippen LogP contribution in [0.4, 0.5) is 0 Å². The van der Waals surface area contributed by atoms with Crippen molar-refractivity contribution in [3.8, 4) is 17.2 Å². The monoisotopic (exact) mass is 443 g/mol. The molecule has 0 saturated heterocycles. The number of rotatable bonds is 10. The summed E-state index contributed by atoms with van der Waals surface area (Å²) in [5, 5.41) is 6.69. The molecule has 0 radical (unpaired) electrons. The highest BCUT2D eigenvalue weighted by atomic mass is 16.5. The summed E-state index contributed by atoms with van der Waals surface area (Å²) >= 11 is 0. The summed E-state index contributed by atoms with van der Waals surface area (Å²) in [6.45, 7) is 10.7. The van der Waals surface area contributed by atoms with Crippen LogP contribution in [0.5, 0.6) is 17.2 Å². The van der Waals surface area contributed by atoms with E-state index >= 15 is 0 Å². The molecule has 176 valence electrons. The van der Waals surface area contributed by atoms with Crippen LogP contribution in [0.15, 0.2) is 41.4 Å². The van der Waals surface area contributed by atoms with Gasteiger partial charge in [-0.05, 0) is 56.5 Å². The number of nitrogens with one attached hydrogen (secondary N) is 2. The van der Waals surface area contributed by atoms with Crippen molar-refractivity contribution in [3.05, 3.63) is 53.1 Å². The van der Waals surface area contributed by atoms with Gasteiger partial charge in [0.1, 0.15) is 0 Å². The second-order valence-corrected chi connectivity index (χ2v) is 8.30. The third-order valence-electron chi connectivity index (χ3n) is 4.61. The second kappa shape index (κ2) is 12.2. The highest BCUT2D eigenvalue weighted by Crippen LogP contribution is 2.38. The number of aliphatic imine (C=N–C) groups is 1. The van der Waals surface area contributed by atoms with Crippen LogP contribution in [0.3, 0.4) is 0 Å². The molecule has 0 spiro atoms. The predicted octanol–water partition coefficient (Wildman–Crippen LogP) is 4.28. The van der Waals surface area contributed by atoms with E-state index in [1.165, 1.54) is 5.56 Å². The molecule has 0 fully saturated rings. The van der Waals surface area contributed by atoms with Crippen molar-refractivity contribution in [1.82, 2.24) is 10.6 Å². The maximum atomic E-state index is 5.89. The molecule has 2 aromatic rings. The first-order valence-electron chi connectivity index (χ1n) is 10.8. The maximum absolute atomic E-state index is 5.89. The smallest absolute Gasteiger partial charge is 0.203 e. The average Bonchev–Trinajstić information content (AvgIpc) is 2.78. The Morgan fingerprint density at radius 1 is 0.875 bits per heavy atom. The summed E-state index contributed by atoms with van der Waals surface area (Å²) < 4.78 is 22.2. The van der Waals surface area contributed by atoms with Crippen LogP contribution >= 0.6 is 0 Å². The van der Waals surface area contributed by atoms with Gasteiger partial charge in [-0.25, -0.2) is 4.99 Å². The zero-order chi connectivity index (χ0) is 23.6. The standard InChI is InChI=1S/C25H37N3O4/c1-8-26-24(27-15-18-10-9-11-19(12-18)17-32-25(2,3)4)28-16-20-13-21(29-5)23(31-7)22(14-20)30-6/h9-14H,8,15-17H2,1-7H3,(H2,26,27,28). The summed E-state index contributed by atoms with van der Waals surface area (Å²) in [5.74, 6) is 2.54. The molecule has 0 heterocycles. The topological polar surface area (TPSA) is 73.3 Å². The molecule has 32 heavy (non-hydrogen) atoms. The molecule has 2 aromatic carbocycles. The van der Waals surface area contributed by atoms with E-state index in [1.807, 2.05) is 19.1 Å². The Labute approximate surface area is 192 Å². The molecule has 0 saturated carbocycles. The van der Waals surface area contributed by atoms with Crippen LogP contribution in [0.25, 0.3) is 0 Å². The Hall–Kier alpha value is -2.93. The summed E-state index contributed by atoms with van der Waals surface area (Å²) in [5.41, 5.74) is 3.11. The van der Waals surface area contributed by atoms with E-state index in [4.69, 9.17) is 23.9 Å². The second-order valence-electron chi connectivity index (χ2n) is 8.30. The maximum Gasteiger partial charge on any atom is 0.203 e. The lowest BCUT2D eigenvalue weighted by molar-refractivity contribution is -0.0149. The van der Waals surface area contributed by atoms with Gasteiger partial charge in [-0.1, -0.05) is 24.3 Å². The molecule has 2 rings (SSSR count). The van der Waals surface area contributed by atoms with Crippen LogP contribution in [-0.4, -0.2) is 39.4 Å². The molecule has 0 unspecified atom stereocenters. The minimum absolute atomic E-state index is 0.161. The lowest BCUT2D eigenvalue weighted by Crippen LogP contribution is -2.36. The van der Waals surface area contributed by atoms with Crippen LogP contribution in [0, 0.1) is 0 Å². The average molecular weight is 444 g/mol. The molecule has 0 bridgehead atoms. The molecule has 7 nitrogen and oxygen atoms in total. The lowest BCUT2D eigenvalue weighted by Gasteiger charge is -2.19. The van der Waals surface area contributed by atoms with Crippen LogP contribution in [0.1, 0.15) is 44.4 Å². The third-order valence-corrected chi connectivity index (χ3v) is 4.61. The van der Waals surface area contributed by atoms with Gasteiger partial charge in [-0.3, -0.25) is 0 Å². The number of benzene rings is 2. The summed E-state index contributed by atoms with van der Waals surface area (Å²) in [6, 6.07) is 12.2. The van der Waals surface area contributed by atoms with Gasteiger partial charge in [0.05, 0.1) is 40.1 Å². The van der Waals surface area contributed by atoms with Crippen molar-refractivity contribution in [2.45, 2.75) is 53.0 Å². The molecular weight excluding hydrogens is 406 g/mol. The Balaban J connectivity index is 2.08. The molecule has 0 aromatic heterocycles. The number of hydrogen-bond donors (Lipinski definition) is 2. The largest absolute Gasteiger partial charge is 0.493 e. The van der Waals surface area contributed by atoms with E-state index in [9.17, 15) is 0 Å². The van der Waals surface area contributed by atoms with Gasteiger partial charge in [-0.15, -0.1) is 0 Å². The number of nitrogens with zero attached hydrogens (tertiary/aromatic N) is 1. The molecular formula is C25H37N3O4. The fourth-order valence-corrected chi connectivity index (χ4v) is 3.05. The zero-order valence-corrected chi connectivity index (χ0v) is 20.4. The van der Waals surface area contributed by atoms with E-state index in [1.54, 1.807) is 21.3 Å². The van der Waals surface area contributed by atoms with Gasteiger partial charge in [0.25, 0.3) is 0 Å². The van der Waals surface area contributed by atoms with E-state index < -0.39 is 0 Å². The predicted molar refractivity (Wildman–Crippen MR) is 129 cm³/mol. The van der Waals surface area contributed by atoms with Crippen LogP contribution in [-0.2, 0) is 24.4 Å². The van der Waals surface area contributed by atoms with Gasteiger partial charge in [0, 0.05) is 13.1 Å². The quantitative estimate of drug-likeness (QED) is 0.422. The first-order chi connectivity index (χ1) is 15.3. The highest BCUT2D eigenvalue weighted by molar-refractivity contribution is 5.79. The zero-order valence-electron chi connectivity index (χ0n) is 20.4. The molecule has 0 aliphatic carbocycles. The lowest BCUT2D eigenvalue weighted by atomic mass is 10.1. The SMILES string of the molecule is CCNC(=NCc1cc(OC)c(OC)c(OC)c1)NCc1cccc(COC(C)(C)C)c1. The summed E-state index contributed by atoms with van der Waals surface area (Å²) in [6.07, 6.45) is 0. The van der Waals surface area contributed by atoms with Crippen molar-refractivity contribution < 1.29 is 18.9 Å². The van der Waals surface area contributed by atoms with E-state index in [0.717, 1.165) is 23.6 Å². The first-order valence-corrected chi connectivity index (χ1v) is 10.8. The Kier molecular flexibility index (Phi) is 9.65. The fraction of sp³-hybridized carbons (Fsp3) is 0.480. The fourth-order valence-electron chi connectivity index (χ4n) is 3.05. The highest BCUT2D eigenvalue weighted by Gasteiger charge is 2.13. The van der Waals surface area contributed by atoms with Crippen LogP contribution < -0.4 is 24.8 Å². The van der Waals surface area contributed by atoms with Crippen LogP contribution in [0.2, 0.25) is 0 Å². The number of methoxy groups -OCH3 is 3. The van der Waals surface area contributed by atoms with Gasteiger partial charge in [-0.2, -0.15) is 0 Å². The van der Waals surface area contributed by atoms with Gasteiger partial charge in [0.15, 0.2) is 17.5 Å². The van der Waals surface area contributed by atoms with Crippen molar-refractivity contribution in [1.29, 1.82) is 0 Å². The van der Waals surface area contributed by atoms with Gasteiger partial charge < -0.3 is 29.6 Å². The number of ether oxygens (including phenoxy) is 4. The van der Waals surface area contributed by atoms with Gasteiger partial charge >= 0.3 is 0 Å². The molecule has 2 N–H and O–H groups in total. The minimum Gasteiger partial charge on any atom is -0.493 e. The molecule has 7 heteroatoms. The van der Waals surface area contributed by atoms with E-state index in [0.29, 0.717) is 36.9 Å². The third kappa shape index (κ3) is 7.96.